The van der Waals surface area contributed by atoms with Crippen molar-refractivity contribution < 1.29 is 19.2 Å². The van der Waals surface area contributed by atoms with Crippen molar-refractivity contribution in [1.29, 1.82) is 0 Å². The molecular weight excluding hydrogens is 398 g/mol. The number of ether oxygens (including phenoxy) is 2. The third kappa shape index (κ3) is 4.12. The summed E-state index contributed by atoms with van der Waals surface area (Å²) in [6.45, 7) is 2.50. The summed E-state index contributed by atoms with van der Waals surface area (Å²) in [6.07, 6.45) is 2.81. The number of carbonyl (C=O) groups excluding carboxylic acids is 1. The van der Waals surface area contributed by atoms with Crippen LogP contribution in [0.15, 0.2) is 42.5 Å². The van der Waals surface area contributed by atoms with Gasteiger partial charge in [0.05, 0.1) is 16.6 Å². The second kappa shape index (κ2) is 8.00. The number of hydrogen-bond donors (Lipinski definition) is 0. The molecule has 2 heterocycles. The van der Waals surface area contributed by atoms with E-state index in [2.05, 4.69) is 4.90 Å². The highest BCUT2D eigenvalue weighted by molar-refractivity contribution is 6.30. The molecule has 0 atom stereocenters. The number of benzene rings is 2. The molecule has 1 fully saturated rings. The summed E-state index contributed by atoms with van der Waals surface area (Å²) in [6, 6.07) is 10.4. The Hall–Kier alpha value is -3.26. The Morgan fingerprint density at radius 2 is 1.83 bits per heavy atom. The molecule has 2 aromatic rings. The highest BCUT2D eigenvalue weighted by Gasteiger charge is 2.23. The molecule has 1 amide bonds. The lowest BCUT2D eigenvalue weighted by molar-refractivity contribution is -0.385. The lowest BCUT2D eigenvalue weighted by atomic mass is 10.1. The summed E-state index contributed by atoms with van der Waals surface area (Å²) in [4.78, 5) is 27.3. The number of piperazine rings is 1. The van der Waals surface area contributed by atoms with Crippen LogP contribution >= 0.6 is 11.6 Å². The van der Waals surface area contributed by atoms with Crippen molar-refractivity contribution in [3.8, 4) is 11.5 Å². The average Bonchev–Trinajstić information content (AvgIpc) is 3.19. The van der Waals surface area contributed by atoms with Gasteiger partial charge >= 0.3 is 0 Å². The number of amides is 1. The number of anilines is 1. The smallest absolute Gasteiger partial charge is 0.280 e. The standard InChI is InChI=1S/C20H18ClN3O5/c21-15-2-1-3-16(11-15)22-6-8-23(9-7-22)20(25)5-4-14-10-18-19(29-13-28-18)12-17(14)24(26)27/h1-5,10-12H,6-9,13H2/b5-4+. The predicted molar refractivity (Wildman–Crippen MR) is 108 cm³/mol. The molecule has 0 aliphatic carbocycles. The van der Waals surface area contributed by atoms with Gasteiger partial charge in [-0.05, 0) is 30.3 Å². The molecule has 8 nitrogen and oxygen atoms in total. The summed E-state index contributed by atoms with van der Waals surface area (Å²) in [5.74, 6) is 0.567. The quantitative estimate of drug-likeness (QED) is 0.432. The van der Waals surface area contributed by atoms with E-state index in [1.54, 1.807) is 4.90 Å². The average molecular weight is 416 g/mol. The minimum absolute atomic E-state index is 0.0233. The summed E-state index contributed by atoms with van der Waals surface area (Å²) in [5, 5.41) is 12.0. The Labute approximate surface area is 172 Å². The first-order valence-electron chi connectivity index (χ1n) is 9.07. The first-order chi connectivity index (χ1) is 14.0. The topological polar surface area (TPSA) is 85.1 Å². The van der Waals surface area contributed by atoms with Crippen molar-refractivity contribution >= 4 is 35.0 Å². The zero-order valence-corrected chi connectivity index (χ0v) is 16.2. The lowest BCUT2D eigenvalue weighted by Gasteiger charge is -2.35. The van der Waals surface area contributed by atoms with E-state index >= 15 is 0 Å². The van der Waals surface area contributed by atoms with Crippen LogP contribution in [0.4, 0.5) is 11.4 Å². The molecule has 4 rings (SSSR count). The maximum atomic E-state index is 12.6. The van der Waals surface area contributed by atoms with Crippen LogP contribution in [0.5, 0.6) is 11.5 Å². The lowest BCUT2D eigenvalue weighted by Crippen LogP contribution is -2.48. The van der Waals surface area contributed by atoms with E-state index in [4.69, 9.17) is 21.1 Å². The van der Waals surface area contributed by atoms with Crippen LogP contribution in [-0.2, 0) is 4.79 Å². The second-order valence-corrected chi connectivity index (χ2v) is 7.08. The molecule has 0 unspecified atom stereocenters. The normalized spacial score (nSPS) is 15.8. The van der Waals surface area contributed by atoms with Crippen molar-refractivity contribution in [3.05, 3.63) is 63.2 Å². The van der Waals surface area contributed by atoms with Crippen LogP contribution in [0.3, 0.4) is 0 Å². The molecule has 2 aliphatic rings. The molecule has 9 heteroatoms. The summed E-state index contributed by atoms with van der Waals surface area (Å²) < 4.78 is 10.5. The molecule has 0 radical (unpaired) electrons. The molecule has 2 aromatic carbocycles. The molecule has 0 bridgehead atoms. The first-order valence-corrected chi connectivity index (χ1v) is 9.44. The van der Waals surface area contributed by atoms with Crippen molar-refractivity contribution in [2.24, 2.45) is 0 Å². The zero-order chi connectivity index (χ0) is 20.4. The SMILES string of the molecule is O=C(/C=C/c1cc2c(cc1[N+](=O)[O-])OCO2)N1CCN(c2cccc(Cl)c2)CC1. The third-order valence-electron chi connectivity index (χ3n) is 4.89. The van der Waals surface area contributed by atoms with Gasteiger partial charge in [-0.15, -0.1) is 0 Å². The van der Waals surface area contributed by atoms with Gasteiger partial charge in [-0.2, -0.15) is 0 Å². The van der Waals surface area contributed by atoms with E-state index in [-0.39, 0.29) is 18.4 Å². The van der Waals surface area contributed by atoms with Gasteiger partial charge in [0.25, 0.3) is 5.69 Å². The van der Waals surface area contributed by atoms with Crippen LogP contribution in [0.2, 0.25) is 5.02 Å². The molecule has 0 N–H and O–H groups in total. The number of fused-ring (bicyclic) bond motifs is 1. The Bertz CT molecular complexity index is 986. The Morgan fingerprint density at radius 1 is 1.10 bits per heavy atom. The van der Waals surface area contributed by atoms with Gasteiger partial charge < -0.3 is 19.3 Å². The van der Waals surface area contributed by atoms with Crippen LogP contribution in [0, 0.1) is 10.1 Å². The number of nitro groups is 1. The van der Waals surface area contributed by atoms with E-state index in [9.17, 15) is 14.9 Å². The number of rotatable bonds is 4. The number of carbonyl (C=O) groups is 1. The molecule has 150 valence electrons. The van der Waals surface area contributed by atoms with E-state index in [0.717, 1.165) is 5.69 Å². The largest absolute Gasteiger partial charge is 0.454 e. The van der Waals surface area contributed by atoms with E-state index < -0.39 is 4.92 Å². The van der Waals surface area contributed by atoms with Crippen LogP contribution in [0.1, 0.15) is 5.56 Å². The predicted octanol–water partition coefficient (Wildman–Crippen LogP) is 3.34. The third-order valence-corrected chi connectivity index (χ3v) is 5.12. The number of nitrogens with zero attached hydrogens (tertiary/aromatic N) is 3. The van der Waals surface area contributed by atoms with Crippen LogP contribution in [0.25, 0.3) is 6.08 Å². The second-order valence-electron chi connectivity index (χ2n) is 6.65. The maximum Gasteiger partial charge on any atom is 0.280 e. The Morgan fingerprint density at radius 3 is 2.52 bits per heavy atom. The number of halogens is 1. The Kier molecular flexibility index (Phi) is 5.26. The highest BCUT2D eigenvalue weighted by Crippen LogP contribution is 2.38. The van der Waals surface area contributed by atoms with Gasteiger partial charge in [0, 0.05) is 43.0 Å². The number of nitro benzene ring substituents is 1. The fraction of sp³-hybridized carbons (Fsp3) is 0.250. The molecule has 0 aromatic heterocycles. The van der Waals surface area contributed by atoms with E-state index in [1.165, 1.54) is 24.3 Å². The first kappa shape index (κ1) is 19.1. The summed E-state index contributed by atoms with van der Waals surface area (Å²) >= 11 is 6.05. The molecule has 0 spiro atoms. The summed E-state index contributed by atoms with van der Waals surface area (Å²) in [7, 11) is 0. The maximum absolute atomic E-state index is 12.6. The fourth-order valence-corrected chi connectivity index (χ4v) is 3.55. The molecule has 1 saturated heterocycles. The molecule has 29 heavy (non-hydrogen) atoms. The minimum Gasteiger partial charge on any atom is -0.454 e. The zero-order valence-electron chi connectivity index (χ0n) is 15.4. The minimum atomic E-state index is -0.504. The monoisotopic (exact) mass is 415 g/mol. The molecule has 0 saturated carbocycles. The van der Waals surface area contributed by atoms with Crippen LogP contribution in [-0.4, -0.2) is 48.7 Å². The molecule has 2 aliphatic heterocycles. The van der Waals surface area contributed by atoms with Gasteiger partial charge in [-0.25, -0.2) is 0 Å². The van der Waals surface area contributed by atoms with Crippen molar-refractivity contribution in [2.45, 2.75) is 0 Å². The van der Waals surface area contributed by atoms with Gasteiger partial charge in [-0.3, -0.25) is 14.9 Å². The van der Waals surface area contributed by atoms with Crippen molar-refractivity contribution in [1.82, 2.24) is 4.90 Å². The van der Waals surface area contributed by atoms with Gasteiger partial charge in [0.2, 0.25) is 12.7 Å². The van der Waals surface area contributed by atoms with Gasteiger partial charge in [0.15, 0.2) is 11.5 Å². The number of hydrogen-bond acceptors (Lipinski definition) is 6. The van der Waals surface area contributed by atoms with Gasteiger partial charge in [0.1, 0.15) is 0 Å². The fourth-order valence-electron chi connectivity index (χ4n) is 3.36. The summed E-state index contributed by atoms with van der Waals surface area (Å²) in [5.41, 5.74) is 1.19. The Balaban J connectivity index is 1.43. The van der Waals surface area contributed by atoms with E-state index in [0.29, 0.717) is 48.3 Å². The van der Waals surface area contributed by atoms with E-state index in [1.807, 2.05) is 24.3 Å². The van der Waals surface area contributed by atoms with Crippen molar-refractivity contribution in [2.75, 3.05) is 37.9 Å². The highest BCUT2D eigenvalue weighted by atomic mass is 35.5. The van der Waals surface area contributed by atoms with Crippen molar-refractivity contribution in [3.63, 3.8) is 0 Å². The van der Waals surface area contributed by atoms with Crippen LogP contribution < -0.4 is 14.4 Å². The molecular formula is C20H18ClN3O5. The van der Waals surface area contributed by atoms with Gasteiger partial charge in [-0.1, -0.05) is 17.7 Å².